The number of carbonyl (C=O) groups excluding carboxylic acids is 1. The van der Waals surface area contributed by atoms with Crippen LogP contribution in [0.1, 0.15) is 10.6 Å². The standard InChI is InChI=1S/C21H13Cl3N4O/c22-14-8-10-16(11-9-14)28-20(13-4-3-5-15(23)12-13)26-19(27-28)21(29)25-18-7-2-1-6-17(18)24/h1-12H,(H,25,29). The molecule has 0 atom stereocenters. The molecule has 0 unspecified atom stereocenters. The van der Waals surface area contributed by atoms with Gasteiger partial charge in [0.1, 0.15) is 0 Å². The van der Waals surface area contributed by atoms with E-state index in [1.54, 1.807) is 65.3 Å². The summed E-state index contributed by atoms with van der Waals surface area (Å²) in [5, 5.41) is 8.71. The summed E-state index contributed by atoms with van der Waals surface area (Å²) in [4.78, 5) is 17.2. The van der Waals surface area contributed by atoms with Crippen molar-refractivity contribution < 1.29 is 4.79 Å². The summed E-state index contributed by atoms with van der Waals surface area (Å²) in [6.45, 7) is 0. The maximum Gasteiger partial charge on any atom is 0.295 e. The van der Waals surface area contributed by atoms with Crippen LogP contribution in [0.4, 0.5) is 5.69 Å². The predicted octanol–water partition coefficient (Wildman–Crippen LogP) is 6.15. The van der Waals surface area contributed by atoms with E-state index in [4.69, 9.17) is 34.8 Å². The van der Waals surface area contributed by atoms with E-state index >= 15 is 0 Å². The highest BCUT2D eigenvalue weighted by molar-refractivity contribution is 6.34. The molecule has 1 aromatic heterocycles. The van der Waals surface area contributed by atoms with Gasteiger partial charge in [-0.05, 0) is 48.5 Å². The Kier molecular flexibility index (Phi) is 5.53. The zero-order chi connectivity index (χ0) is 20.4. The molecule has 144 valence electrons. The van der Waals surface area contributed by atoms with Crippen LogP contribution >= 0.6 is 34.8 Å². The molecule has 0 radical (unpaired) electrons. The van der Waals surface area contributed by atoms with Crippen molar-refractivity contribution in [2.75, 3.05) is 5.32 Å². The fourth-order valence-electron chi connectivity index (χ4n) is 2.73. The summed E-state index contributed by atoms with van der Waals surface area (Å²) in [7, 11) is 0. The molecule has 0 fully saturated rings. The van der Waals surface area contributed by atoms with Gasteiger partial charge < -0.3 is 5.32 Å². The first-order chi connectivity index (χ1) is 14.0. The second-order valence-electron chi connectivity index (χ2n) is 6.09. The van der Waals surface area contributed by atoms with E-state index in [0.717, 1.165) is 5.56 Å². The molecule has 0 spiro atoms. The van der Waals surface area contributed by atoms with Gasteiger partial charge in [-0.25, -0.2) is 9.67 Å². The number of benzene rings is 3. The van der Waals surface area contributed by atoms with E-state index in [1.807, 2.05) is 12.1 Å². The lowest BCUT2D eigenvalue weighted by molar-refractivity contribution is 0.101. The van der Waals surface area contributed by atoms with Gasteiger partial charge in [-0.1, -0.05) is 59.1 Å². The number of nitrogens with one attached hydrogen (secondary N) is 1. The summed E-state index contributed by atoms with van der Waals surface area (Å²) in [6.07, 6.45) is 0. The fourth-order valence-corrected chi connectivity index (χ4v) is 3.23. The molecule has 8 heteroatoms. The molecule has 5 nitrogen and oxygen atoms in total. The van der Waals surface area contributed by atoms with Gasteiger partial charge in [0.15, 0.2) is 5.82 Å². The van der Waals surface area contributed by atoms with Crippen molar-refractivity contribution in [3.8, 4) is 17.1 Å². The number of carbonyl (C=O) groups is 1. The Morgan fingerprint density at radius 1 is 0.862 bits per heavy atom. The first-order valence-electron chi connectivity index (χ1n) is 8.56. The second-order valence-corrected chi connectivity index (χ2v) is 7.37. The minimum Gasteiger partial charge on any atom is -0.318 e. The highest BCUT2D eigenvalue weighted by Crippen LogP contribution is 2.26. The average molecular weight is 444 g/mol. The molecular formula is C21H13Cl3N4O. The van der Waals surface area contributed by atoms with Crippen LogP contribution in [0, 0.1) is 0 Å². The van der Waals surface area contributed by atoms with Gasteiger partial charge in [0, 0.05) is 15.6 Å². The van der Waals surface area contributed by atoms with E-state index in [9.17, 15) is 4.79 Å². The summed E-state index contributed by atoms with van der Waals surface area (Å²) in [5.74, 6) is -0.0110. The molecule has 0 saturated carbocycles. The Bertz CT molecular complexity index is 1190. The van der Waals surface area contributed by atoms with E-state index in [0.29, 0.717) is 32.3 Å². The van der Waals surface area contributed by atoms with Crippen LogP contribution in [0.5, 0.6) is 0 Å². The molecule has 4 rings (SSSR count). The van der Waals surface area contributed by atoms with Crippen LogP contribution in [0.25, 0.3) is 17.1 Å². The monoisotopic (exact) mass is 442 g/mol. The first kappa shape index (κ1) is 19.5. The smallest absolute Gasteiger partial charge is 0.295 e. The molecule has 0 aliphatic carbocycles. The molecule has 1 amide bonds. The van der Waals surface area contributed by atoms with Crippen molar-refractivity contribution in [3.63, 3.8) is 0 Å². The topological polar surface area (TPSA) is 59.8 Å². The van der Waals surface area contributed by atoms with Gasteiger partial charge in [0.25, 0.3) is 5.91 Å². The zero-order valence-corrected chi connectivity index (χ0v) is 17.1. The summed E-state index contributed by atoms with van der Waals surface area (Å²) >= 11 is 18.3. The lowest BCUT2D eigenvalue weighted by atomic mass is 10.2. The van der Waals surface area contributed by atoms with Crippen molar-refractivity contribution in [2.24, 2.45) is 0 Å². The normalized spacial score (nSPS) is 10.7. The largest absolute Gasteiger partial charge is 0.318 e. The minimum atomic E-state index is -0.478. The SMILES string of the molecule is O=C(Nc1ccccc1Cl)c1nc(-c2cccc(Cl)c2)n(-c2ccc(Cl)cc2)n1. The lowest BCUT2D eigenvalue weighted by Gasteiger charge is -2.06. The number of anilines is 1. The average Bonchev–Trinajstić information content (AvgIpc) is 3.16. The van der Waals surface area contributed by atoms with Crippen molar-refractivity contribution in [2.45, 2.75) is 0 Å². The Balaban J connectivity index is 1.78. The number of hydrogen-bond acceptors (Lipinski definition) is 3. The Morgan fingerprint density at radius 2 is 1.62 bits per heavy atom. The molecular weight excluding hydrogens is 431 g/mol. The van der Waals surface area contributed by atoms with E-state index in [1.165, 1.54) is 0 Å². The van der Waals surface area contributed by atoms with Crippen LogP contribution in [-0.4, -0.2) is 20.7 Å². The molecule has 3 aromatic carbocycles. The maximum absolute atomic E-state index is 12.8. The second kappa shape index (κ2) is 8.25. The minimum absolute atomic E-state index is 0.00477. The third-order valence-corrected chi connectivity index (χ3v) is 4.90. The molecule has 1 N–H and O–H groups in total. The number of para-hydroxylation sites is 1. The fraction of sp³-hybridized carbons (Fsp3) is 0. The number of hydrogen-bond donors (Lipinski definition) is 1. The Morgan fingerprint density at radius 3 is 2.34 bits per heavy atom. The number of aromatic nitrogens is 3. The van der Waals surface area contributed by atoms with Gasteiger partial charge in [0.05, 0.1) is 16.4 Å². The van der Waals surface area contributed by atoms with Gasteiger partial charge in [0.2, 0.25) is 5.82 Å². The highest BCUT2D eigenvalue weighted by Gasteiger charge is 2.19. The predicted molar refractivity (Wildman–Crippen MR) is 116 cm³/mol. The molecule has 0 aliphatic rings. The zero-order valence-electron chi connectivity index (χ0n) is 14.8. The third kappa shape index (κ3) is 4.27. The number of rotatable bonds is 4. The van der Waals surface area contributed by atoms with E-state index < -0.39 is 5.91 Å². The van der Waals surface area contributed by atoms with Gasteiger partial charge in [-0.15, -0.1) is 5.10 Å². The van der Waals surface area contributed by atoms with Gasteiger partial charge >= 0.3 is 0 Å². The van der Waals surface area contributed by atoms with Crippen LogP contribution in [0.15, 0.2) is 72.8 Å². The Hall–Kier alpha value is -2.86. The molecule has 0 saturated heterocycles. The quantitative estimate of drug-likeness (QED) is 0.412. The summed E-state index contributed by atoms with van der Waals surface area (Å²) < 4.78 is 1.57. The van der Waals surface area contributed by atoms with Crippen molar-refractivity contribution in [1.29, 1.82) is 0 Å². The van der Waals surface area contributed by atoms with Crippen molar-refractivity contribution in [3.05, 3.63) is 93.7 Å². The Labute approximate surface area is 181 Å². The molecule has 29 heavy (non-hydrogen) atoms. The first-order valence-corrected chi connectivity index (χ1v) is 9.69. The van der Waals surface area contributed by atoms with Gasteiger partial charge in [-0.3, -0.25) is 4.79 Å². The van der Waals surface area contributed by atoms with Crippen LogP contribution in [0.2, 0.25) is 15.1 Å². The molecule has 0 bridgehead atoms. The molecule has 4 aromatic rings. The van der Waals surface area contributed by atoms with Crippen molar-refractivity contribution >= 4 is 46.4 Å². The van der Waals surface area contributed by atoms with E-state index in [-0.39, 0.29) is 5.82 Å². The lowest BCUT2D eigenvalue weighted by Crippen LogP contribution is -2.14. The maximum atomic E-state index is 12.8. The third-order valence-electron chi connectivity index (χ3n) is 4.09. The number of nitrogens with zero attached hydrogens (tertiary/aromatic N) is 3. The van der Waals surface area contributed by atoms with Crippen LogP contribution in [0.3, 0.4) is 0 Å². The van der Waals surface area contributed by atoms with Gasteiger partial charge in [-0.2, -0.15) is 0 Å². The summed E-state index contributed by atoms with van der Waals surface area (Å²) in [5.41, 5.74) is 1.90. The summed E-state index contributed by atoms with van der Waals surface area (Å²) in [6, 6.07) is 21.2. The number of amides is 1. The molecule has 1 heterocycles. The van der Waals surface area contributed by atoms with Crippen molar-refractivity contribution in [1.82, 2.24) is 14.8 Å². The molecule has 0 aliphatic heterocycles. The van der Waals surface area contributed by atoms with E-state index in [2.05, 4.69) is 15.4 Å². The number of halogens is 3. The van der Waals surface area contributed by atoms with Crippen LogP contribution in [-0.2, 0) is 0 Å². The highest BCUT2D eigenvalue weighted by atomic mass is 35.5. The van der Waals surface area contributed by atoms with Crippen LogP contribution < -0.4 is 5.32 Å².